The monoisotopic (exact) mass is 1450 g/mol. The van der Waals surface area contributed by atoms with Crippen molar-refractivity contribution in [2.75, 3.05) is 39.6 Å². The molecule has 0 amide bonds. The first-order valence-electron chi connectivity index (χ1n) is 34.5. The Kier molecular flexibility index (Phi) is 25.7. The smallest absolute Gasteiger partial charge is 0.314 e. The molecular formula is C64H106O36. The SMILES string of the molecule is C=C1CC23CCC4C(C)(C(=O)OC5OC(CO)C(O)C(OC6OC(CO)C(O)C(O)C6O)C5OC(O)C(O)C(OC5OC(CO)C(O)C(O)C5O)C(O)C(C)C)CCCC4(C)C2CCC1(CC1OC(CO)C(O)C(OC2OC(CO)C(O)C(O)C2O)C1OC1OC(CO)C(O)C(O)C1O)C3. The van der Waals surface area contributed by atoms with E-state index >= 15 is 4.79 Å². The zero-order valence-electron chi connectivity index (χ0n) is 56.0. The molecule has 10 fully saturated rings. The van der Waals surface area contributed by atoms with Crippen LogP contribution in [-0.4, -0.2) is 372 Å². The third-order valence-corrected chi connectivity index (χ3v) is 23.9. The van der Waals surface area contributed by atoms with E-state index in [1.165, 1.54) is 13.8 Å². The Morgan fingerprint density at radius 3 is 1.34 bits per heavy atom. The van der Waals surface area contributed by atoms with Crippen molar-refractivity contribution in [2.24, 2.45) is 39.4 Å². The van der Waals surface area contributed by atoms with E-state index in [0.29, 0.717) is 51.4 Å². The first-order valence-corrected chi connectivity index (χ1v) is 34.5. The van der Waals surface area contributed by atoms with E-state index in [-0.39, 0.29) is 18.8 Å². The van der Waals surface area contributed by atoms with Gasteiger partial charge in [0.05, 0.1) is 57.3 Å². The van der Waals surface area contributed by atoms with Crippen LogP contribution in [0.4, 0.5) is 0 Å². The number of hydrogen-bond donors (Lipinski definition) is 23. The second-order valence-electron chi connectivity index (χ2n) is 30.2. The molecule has 6 saturated heterocycles. The number of hydrogen-bond acceptors (Lipinski definition) is 36. The third-order valence-electron chi connectivity index (χ3n) is 23.9. The van der Waals surface area contributed by atoms with Gasteiger partial charge in [0.15, 0.2) is 37.6 Å². The quantitative estimate of drug-likeness (QED) is 0.0242. The van der Waals surface area contributed by atoms with Crippen LogP contribution in [0, 0.1) is 39.4 Å². The van der Waals surface area contributed by atoms with Crippen molar-refractivity contribution >= 4 is 5.97 Å². The zero-order chi connectivity index (χ0) is 73.3. The maximum absolute atomic E-state index is 15.6. The number of ether oxygens (including phenoxy) is 12. The molecule has 4 aliphatic carbocycles. The Bertz CT molecular complexity index is 2680. The number of aliphatic hydroxyl groups excluding tert-OH is 23. The lowest BCUT2D eigenvalue weighted by Gasteiger charge is -2.64. The summed E-state index contributed by atoms with van der Waals surface area (Å²) in [4.78, 5) is 15.6. The minimum Gasteiger partial charge on any atom is -0.432 e. The predicted molar refractivity (Wildman–Crippen MR) is 325 cm³/mol. The molecule has 1 spiro atoms. The summed E-state index contributed by atoms with van der Waals surface area (Å²) in [5.41, 5.74) is -2.61. The normalized spacial score (nSPS) is 51.2. The Morgan fingerprint density at radius 1 is 0.460 bits per heavy atom. The van der Waals surface area contributed by atoms with Crippen molar-refractivity contribution in [1.82, 2.24) is 0 Å². The summed E-state index contributed by atoms with van der Waals surface area (Å²) in [7, 11) is 0. The van der Waals surface area contributed by atoms with Gasteiger partial charge in [-0.15, -0.1) is 0 Å². The molecule has 0 radical (unpaired) electrons. The number of allylic oxidation sites excluding steroid dienone is 1. The maximum Gasteiger partial charge on any atom is 0.314 e. The van der Waals surface area contributed by atoms with Crippen LogP contribution in [0.5, 0.6) is 0 Å². The molecule has 23 N–H and O–H groups in total. The topological polar surface area (TPSA) is 593 Å². The fourth-order valence-corrected chi connectivity index (χ4v) is 18.2. The Labute approximate surface area is 575 Å². The van der Waals surface area contributed by atoms with Crippen molar-refractivity contribution < 1.29 is 179 Å². The second-order valence-corrected chi connectivity index (χ2v) is 30.2. The first-order chi connectivity index (χ1) is 47.1. The van der Waals surface area contributed by atoms with Crippen LogP contribution < -0.4 is 0 Å². The minimum absolute atomic E-state index is 0.0234. The largest absolute Gasteiger partial charge is 0.432 e. The van der Waals surface area contributed by atoms with Gasteiger partial charge in [-0.2, -0.15) is 0 Å². The van der Waals surface area contributed by atoms with E-state index in [2.05, 4.69) is 13.5 Å². The number of fused-ring (bicyclic) bond motifs is 3. The van der Waals surface area contributed by atoms with Crippen molar-refractivity contribution in [1.29, 1.82) is 0 Å². The molecule has 4 saturated carbocycles. The predicted octanol–water partition coefficient (Wildman–Crippen LogP) is -9.72. The van der Waals surface area contributed by atoms with Crippen molar-refractivity contribution in [3.63, 3.8) is 0 Å². The molecule has 0 aromatic heterocycles. The summed E-state index contributed by atoms with van der Waals surface area (Å²) in [5.74, 6) is -2.35. The lowest BCUT2D eigenvalue weighted by atomic mass is 9.40. The Balaban J connectivity index is 0.929. The molecule has 6 heterocycles. The molecule has 40 atom stereocenters. The molecule has 0 aromatic rings. The Hall–Kier alpha value is -2.15. The van der Waals surface area contributed by atoms with Crippen molar-refractivity contribution in [2.45, 2.75) is 301 Å². The van der Waals surface area contributed by atoms with Gasteiger partial charge >= 0.3 is 5.97 Å². The highest BCUT2D eigenvalue weighted by atomic mass is 16.8. The van der Waals surface area contributed by atoms with Gasteiger partial charge < -0.3 is 174 Å². The van der Waals surface area contributed by atoms with E-state index < -0.39 is 288 Å². The second kappa shape index (κ2) is 32.0. The molecule has 2 bridgehead atoms. The number of carbonyl (C=O) groups is 1. The standard InChI is InChI=1S/C64H106O36/c1-22(2)33(71)50(97-56-45(83)41(79)35(73)26(16-66)91-56)48(86)54(87)95-53-52(99-58-47(85)43(81)37(75)28(18-68)93-58)39(77)30(20-70)94-59(53)100-60(88)62(5)10-6-9-61(4)31(62)7-12-64-13-23(3)63(21-64,11-8-32(61)64)14-24-49(96-55-44(82)40(78)34(72)25(15-65)90-55)51(38(76)29(19-69)89-24)98-57-46(84)42(80)36(74)27(17-67)92-57/h22,24-59,65-87H,3,6-21H2,1-2,4-5H3. The van der Waals surface area contributed by atoms with Crippen LogP contribution >= 0.6 is 0 Å². The highest BCUT2D eigenvalue weighted by Gasteiger charge is 2.70. The number of carbonyl (C=O) groups excluding carboxylic acids is 1. The van der Waals surface area contributed by atoms with Crippen LogP contribution in [0.2, 0.25) is 0 Å². The van der Waals surface area contributed by atoms with Gasteiger partial charge in [0.1, 0.15) is 153 Å². The van der Waals surface area contributed by atoms with Crippen molar-refractivity contribution in [3.8, 4) is 0 Å². The van der Waals surface area contributed by atoms with Gasteiger partial charge in [-0.3, -0.25) is 4.79 Å². The van der Waals surface area contributed by atoms with E-state index in [4.69, 9.17) is 56.8 Å². The Morgan fingerprint density at radius 2 is 0.870 bits per heavy atom. The van der Waals surface area contributed by atoms with E-state index in [1.54, 1.807) is 6.92 Å². The molecule has 10 aliphatic rings. The molecule has 40 unspecified atom stereocenters. The minimum atomic E-state index is -2.64. The average Bonchev–Trinajstić information content (AvgIpc) is 1.50. The summed E-state index contributed by atoms with van der Waals surface area (Å²) in [6, 6.07) is 0. The van der Waals surface area contributed by atoms with Crippen LogP contribution in [0.3, 0.4) is 0 Å². The summed E-state index contributed by atoms with van der Waals surface area (Å²) in [5, 5.41) is 251. The fourth-order valence-electron chi connectivity index (χ4n) is 18.2. The lowest BCUT2D eigenvalue weighted by Crippen LogP contribution is -2.67. The van der Waals surface area contributed by atoms with Crippen LogP contribution in [0.15, 0.2) is 12.2 Å². The first kappa shape index (κ1) is 80.4. The van der Waals surface area contributed by atoms with E-state index in [9.17, 15) is 117 Å². The lowest BCUT2D eigenvalue weighted by molar-refractivity contribution is -0.379. The van der Waals surface area contributed by atoms with Crippen LogP contribution in [-0.2, 0) is 61.6 Å². The van der Waals surface area contributed by atoms with Crippen LogP contribution in [0.25, 0.3) is 0 Å². The molecule has 6 aliphatic heterocycles. The van der Waals surface area contributed by atoms with Gasteiger partial charge in [-0.05, 0) is 98.7 Å². The van der Waals surface area contributed by atoms with E-state index in [1.807, 2.05) is 0 Å². The molecule has 0 aromatic carbocycles. The summed E-state index contributed by atoms with van der Waals surface area (Å²) in [6.07, 6.45) is -60.4. The fraction of sp³-hybridized carbons (Fsp3) is 0.953. The van der Waals surface area contributed by atoms with Gasteiger partial charge in [0, 0.05) is 0 Å². The van der Waals surface area contributed by atoms with Gasteiger partial charge in [0.2, 0.25) is 6.29 Å². The number of aliphatic hydroxyl groups is 23. The maximum atomic E-state index is 15.6. The van der Waals surface area contributed by atoms with Crippen molar-refractivity contribution in [3.05, 3.63) is 12.2 Å². The molecule has 36 heteroatoms. The molecular weight excluding hydrogens is 1340 g/mol. The summed E-state index contributed by atoms with van der Waals surface area (Å²) < 4.78 is 72.1. The van der Waals surface area contributed by atoms with Crippen LogP contribution in [0.1, 0.15) is 91.9 Å². The molecule has 578 valence electrons. The summed E-state index contributed by atoms with van der Waals surface area (Å²) in [6.45, 7) is 6.02. The molecule has 100 heavy (non-hydrogen) atoms. The van der Waals surface area contributed by atoms with Gasteiger partial charge in [-0.1, -0.05) is 39.3 Å². The number of esters is 1. The average molecular weight is 1450 g/mol. The highest BCUT2D eigenvalue weighted by molar-refractivity contribution is 5.77. The van der Waals surface area contributed by atoms with E-state index in [0.717, 1.165) is 5.57 Å². The van der Waals surface area contributed by atoms with Gasteiger partial charge in [-0.25, -0.2) is 0 Å². The molecule has 36 nitrogen and oxygen atoms in total. The third kappa shape index (κ3) is 14.7. The van der Waals surface area contributed by atoms with Gasteiger partial charge in [0.25, 0.3) is 0 Å². The highest BCUT2D eigenvalue weighted by Crippen LogP contribution is 2.76. The molecule has 10 rings (SSSR count). The zero-order valence-corrected chi connectivity index (χ0v) is 56.0. The number of rotatable bonds is 24. The summed E-state index contributed by atoms with van der Waals surface area (Å²) >= 11 is 0.